The number of ketones is 1. The summed E-state index contributed by atoms with van der Waals surface area (Å²) in [6.45, 7) is 0.820. The van der Waals surface area contributed by atoms with Crippen LogP contribution in [-0.4, -0.2) is 10.8 Å². The molecule has 0 aliphatic carbocycles. The van der Waals surface area contributed by atoms with Gasteiger partial charge >= 0.3 is 6.18 Å². The van der Waals surface area contributed by atoms with Crippen LogP contribution in [0.5, 0.6) is 0 Å². The second-order valence-corrected chi connectivity index (χ2v) is 6.07. The van der Waals surface area contributed by atoms with Gasteiger partial charge in [-0.1, -0.05) is 0 Å². The molecule has 150 valence electrons. The molecule has 0 bridgehead atoms. The molecule has 0 atom stereocenters. The minimum atomic E-state index is -5.03. The Labute approximate surface area is 159 Å². The van der Waals surface area contributed by atoms with Gasteiger partial charge in [0.2, 0.25) is 0 Å². The third-order valence-electron chi connectivity index (χ3n) is 4.12. The largest absolute Gasteiger partial charge is 0.418 e. The Bertz CT molecular complexity index is 1120. The maximum atomic E-state index is 14.5. The lowest BCUT2D eigenvalue weighted by Gasteiger charge is -2.19. The van der Waals surface area contributed by atoms with Crippen molar-refractivity contribution >= 4 is 5.78 Å². The number of carbonyl (C=O) groups excluding carboxylic acids is 1. The number of hydrogen-bond acceptors (Lipinski definition) is 2. The monoisotopic (exact) mass is 413 g/mol. The lowest BCUT2D eigenvalue weighted by molar-refractivity contribution is -0.138. The lowest BCUT2D eigenvalue weighted by atomic mass is 9.89. The van der Waals surface area contributed by atoms with Gasteiger partial charge in [-0.15, -0.1) is 0 Å². The first-order chi connectivity index (χ1) is 13.5. The van der Waals surface area contributed by atoms with Crippen LogP contribution in [0.4, 0.5) is 30.7 Å². The number of alkyl halides is 3. The minimum absolute atomic E-state index is 0.319. The standard InChI is InChI=1S/C20H10F7NO/c1-9(29)17-14(20(25,26)27)8-28-19(13-5-3-11(22)7-16(13)24)18(17)12-4-2-10(21)6-15(12)23/h2-8H,1H3. The predicted molar refractivity (Wildman–Crippen MR) is 89.9 cm³/mol. The zero-order valence-electron chi connectivity index (χ0n) is 14.5. The first kappa shape index (κ1) is 20.5. The van der Waals surface area contributed by atoms with Crippen molar-refractivity contribution in [2.24, 2.45) is 0 Å². The fourth-order valence-corrected chi connectivity index (χ4v) is 2.93. The van der Waals surface area contributed by atoms with Crippen molar-refractivity contribution in [3.05, 3.63) is 77.0 Å². The van der Waals surface area contributed by atoms with Crippen molar-refractivity contribution < 1.29 is 35.5 Å². The molecule has 0 aliphatic rings. The summed E-state index contributed by atoms with van der Waals surface area (Å²) in [7, 11) is 0. The summed E-state index contributed by atoms with van der Waals surface area (Å²) in [5.74, 6) is -5.53. The second kappa shape index (κ2) is 7.31. The Morgan fingerprint density at radius 1 is 0.862 bits per heavy atom. The SMILES string of the molecule is CC(=O)c1c(C(F)(F)F)cnc(-c2ccc(F)cc2F)c1-c1ccc(F)cc1F. The van der Waals surface area contributed by atoms with Gasteiger partial charge in [-0.3, -0.25) is 9.78 Å². The van der Waals surface area contributed by atoms with Gasteiger partial charge in [0.1, 0.15) is 23.3 Å². The van der Waals surface area contributed by atoms with E-state index < -0.39 is 68.7 Å². The van der Waals surface area contributed by atoms with Gasteiger partial charge in [-0.25, -0.2) is 17.6 Å². The normalized spacial score (nSPS) is 11.6. The van der Waals surface area contributed by atoms with Crippen molar-refractivity contribution in [1.29, 1.82) is 0 Å². The Balaban J connectivity index is 2.50. The fraction of sp³-hybridized carbons (Fsp3) is 0.100. The van der Waals surface area contributed by atoms with Gasteiger partial charge < -0.3 is 0 Å². The Hall–Kier alpha value is -3.23. The molecule has 0 unspecified atom stereocenters. The average Bonchev–Trinajstić information content (AvgIpc) is 2.60. The van der Waals surface area contributed by atoms with Gasteiger partial charge in [0.05, 0.1) is 11.3 Å². The average molecular weight is 413 g/mol. The van der Waals surface area contributed by atoms with Crippen LogP contribution in [-0.2, 0) is 6.18 Å². The summed E-state index contributed by atoms with van der Waals surface area (Å²) in [5, 5.41) is 0. The molecule has 0 fully saturated rings. The van der Waals surface area contributed by atoms with Crippen molar-refractivity contribution in [2.45, 2.75) is 13.1 Å². The zero-order valence-corrected chi connectivity index (χ0v) is 14.5. The molecule has 29 heavy (non-hydrogen) atoms. The maximum Gasteiger partial charge on any atom is 0.418 e. The highest BCUT2D eigenvalue weighted by molar-refractivity contribution is 6.05. The molecule has 0 saturated carbocycles. The number of carbonyl (C=O) groups is 1. The highest BCUT2D eigenvalue weighted by Crippen LogP contribution is 2.42. The minimum Gasteiger partial charge on any atom is -0.294 e. The molecule has 1 aromatic heterocycles. The number of nitrogens with zero attached hydrogens (tertiary/aromatic N) is 1. The molecule has 3 aromatic rings. The van der Waals surface area contributed by atoms with Crippen LogP contribution in [0, 0.1) is 23.3 Å². The van der Waals surface area contributed by atoms with Crippen molar-refractivity contribution in [3.63, 3.8) is 0 Å². The van der Waals surface area contributed by atoms with Gasteiger partial charge in [-0.2, -0.15) is 13.2 Å². The number of Topliss-reactive ketones (excluding diaryl/α,β-unsaturated/α-hetero) is 1. The third-order valence-corrected chi connectivity index (χ3v) is 4.12. The van der Waals surface area contributed by atoms with Crippen molar-refractivity contribution in [1.82, 2.24) is 4.98 Å². The van der Waals surface area contributed by atoms with Crippen LogP contribution in [0.2, 0.25) is 0 Å². The first-order valence-corrected chi connectivity index (χ1v) is 8.02. The van der Waals surface area contributed by atoms with E-state index in [1.165, 1.54) is 0 Å². The topological polar surface area (TPSA) is 30.0 Å². The molecular weight excluding hydrogens is 403 g/mol. The van der Waals surface area contributed by atoms with Crippen LogP contribution in [0.25, 0.3) is 22.4 Å². The molecule has 0 saturated heterocycles. The van der Waals surface area contributed by atoms with Crippen molar-refractivity contribution in [2.75, 3.05) is 0 Å². The molecule has 0 radical (unpaired) electrons. The molecule has 2 nitrogen and oxygen atoms in total. The Morgan fingerprint density at radius 2 is 1.38 bits per heavy atom. The van der Waals surface area contributed by atoms with Crippen LogP contribution >= 0.6 is 0 Å². The smallest absolute Gasteiger partial charge is 0.294 e. The third kappa shape index (κ3) is 3.85. The molecular formula is C20H10F7NO. The van der Waals surface area contributed by atoms with Crippen LogP contribution < -0.4 is 0 Å². The van der Waals surface area contributed by atoms with Gasteiger partial charge in [-0.05, 0) is 31.2 Å². The van der Waals surface area contributed by atoms with E-state index >= 15 is 0 Å². The molecule has 2 aromatic carbocycles. The number of halogens is 7. The Morgan fingerprint density at radius 3 is 1.83 bits per heavy atom. The number of pyridine rings is 1. The Kier molecular flexibility index (Phi) is 5.16. The lowest BCUT2D eigenvalue weighted by Crippen LogP contribution is -2.15. The van der Waals surface area contributed by atoms with Gasteiger partial charge in [0.15, 0.2) is 5.78 Å². The molecule has 1 heterocycles. The number of aromatic nitrogens is 1. The van der Waals surface area contributed by atoms with Gasteiger partial charge in [0.25, 0.3) is 0 Å². The number of rotatable bonds is 3. The fourth-order valence-electron chi connectivity index (χ4n) is 2.93. The van der Waals surface area contributed by atoms with Crippen LogP contribution in [0.1, 0.15) is 22.8 Å². The van der Waals surface area contributed by atoms with E-state index in [9.17, 15) is 35.5 Å². The summed E-state index contributed by atoms with van der Waals surface area (Å²) in [6.07, 6.45) is -4.71. The summed E-state index contributed by atoms with van der Waals surface area (Å²) in [5.41, 5.74) is -4.66. The molecule has 0 aliphatic heterocycles. The molecule has 0 N–H and O–H groups in total. The van der Waals surface area contributed by atoms with E-state index in [0.717, 1.165) is 31.2 Å². The van der Waals surface area contributed by atoms with E-state index in [2.05, 4.69) is 4.98 Å². The van der Waals surface area contributed by atoms with E-state index in [0.29, 0.717) is 18.3 Å². The summed E-state index contributed by atoms with van der Waals surface area (Å²) in [6, 6.07) is 4.19. The van der Waals surface area contributed by atoms with E-state index in [-0.39, 0.29) is 0 Å². The number of hydrogen-bond donors (Lipinski definition) is 0. The molecule has 9 heteroatoms. The van der Waals surface area contributed by atoms with Crippen LogP contribution in [0.15, 0.2) is 42.6 Å². The zero-order chi connectivity index (χ0) is 21.5. The quantitative estimate of drug-likeness (QED) is 0.378. The molecule has 3 rings (SSSR count). The van der Waals surface area contributed by atoms with Crippen molar-refractivity contribution in [3.8, 4) is 22.4 Å². The maximum absolute atomic E-state index is 14.5. The summed E-state index contributed by atoms with van der Waals surface area (Å²) in [4.78, 5) is 15.7. The van der Waals surface area contributed by atoms with Crippen LogP contribution in [0.3, 0.4) is 0 Å². The highest BCUT2D eigenvalue weighted by Gasteiger charge is 2.38. The van der Waals surface area contributed by atoms with E-state index in [4.69, 9.17) is 0 Å². The molecule has 0 amide bonds. The summed E-state index contributed by atoms with van der Waals surface area (Å²) >= 11 is 0. The summed E-state index contributed by atoms with van der Waals surface area (Å²) < 4.78 is 95.8. The predicted octanol–water partition coefficient (Wildman–Crippen LogP) is 6.19. The highest BCUT2D eigenvalue weighted by atomic mass is 19.4. The first-order valence-electron chi connectivity index (χ1n) is 8.02. The molecule has 0 spiro atoms. The van der Waals surface area contributed by atoms with Gasteiger partial charge in [0, 0.05) is 40.6 Å². The van der Waals surface area contributed by atoms with E-state index in [1.807, 2.05) is 0 Å². The van der Waals surface area contributed by atoms with E-state index in [1.54, 1.807) is 0 Å². The second-order valence-electron chi connectivity index (χ2n) is 6.07. The number of benzene rings is 2.